The summed E-state index contributed by atoms with van der Waals surface area (Å²) in [4.78, 5) is 0. The van der Waals surface area contributed by atoms with Crippen molar-refractivity contribution in [3.8, 4) is 11.1 Å². The molecule has 25 heavy (non-hydrogen) atoms. The summed E-state index contributed by atoms with van der Waals surface area (Å²) in [5.74, 6) is -0.126. The third-order valence-corrected chi connectivity index (χ3v) is 4.74. The molecule has 0 bridgehead atoms. The average Bonchev–Trinajstić information content (AvgIpc) is 2.65. The van der Waals surface area contributed by atoms with Gasteiger partial charge in [0.25, 0.3) is 0 Å². The Morgan fingerprint density at radius 2 is 1.68 bits per heavy atom. The van der Waals surface area contributed by atoms with Crippen LogP contribution in [-0.4, -0.2) is 0 Å². The van der Waals surface area contributed by atoms with E-state index in [9.17, 15) is 0 Å². The molecule has 0 fully saturated rings. The van der Waals surface area contributed by atoms with Crippen LogP contribution in [-0.2, 0) is 12.8 Å². The van der Waals surface area contributed by atoms with Crippen LogP contribution in [0, 0.1) is 5.82 Å². The molecule has 1 heteroatoms. The van der Waals surface area contributed by atoms with Gasteiger partial charge >= 0.3 is 0 Å². The lowest BCUT2D eigenvalue weighted by molar-refractivity contribution is 0.643. The Morgan fingerprint density at radius 1 is 0.920 bits per heavy atom. The van der Waals surface area contributed by atoms with E-state index in [-0.39, 0.29) is 5.82 Å². The molecule has 0 spiro atoms. The van der Waals surface area contributed by atoms with Gasteiger partial charge in [0.2, 0.25) is 0 Å². The molecule has 0 heterocycles. The summed E-state index contributed by atoms with van der Waals surface area (Å²) in [5.41, 5.74) is 4.14. The maximum absolute atomic E-state index is 15.0. The van der Waals surface area contributed by atoms with Crippen molar-refractivity contribution in [1.29, 1.82) is 0 Å². The molecule has 0 saturated carbocycles. The van der Waals surface area contributed by atoms with Crippen LogP contribution in [0.4, 0.5) is 4.39 Å². The maximum Gasteiger partial charge on any atom is 0.138 e. The van der Waals surface area contributed by atoms with Gasteiger partial charge in [0.1, 0.15) is 5.82 Å². The van der Waals surface area contributed by atoms with Gasteiger partial charge < -0.3 is 0 Å². The van der Waals surface area contributed by atoms with Crippen molar-refractivity contribution >= 4 is 10.8 Å². The smallest absolute Gasteiger partial charge is 0.138 e. The van der Waals surface area contributed by atoms with Crippen LogP contribution < -0.4 is 0 Å². The molecular weight excluding hydrogens is 307 g/mol. The standard InChI is InChI=1S/C24H25F/c1-3-5-7-18-9-12-20(13-10-18)22-16-14-21-17-19(8-6-4-2)11-15-23(21)24(22)25/h3,9-17H,1,4-8H2,2H3. The number of rotatable bonds is 7. The third kappa shape index (κ3) is 3.99. The first-order valence-electron chi connectivity index (χ1n) is 9.14. The molecule has 0 saturated heterocycles. The third-order valence-electron chi connectivity index (χ3n) is 4.74. The fourth-order valence-corrected chi connectivity index (χ4v) is 3.22. The Bertz CT molecular complexity index is 859. The van der Waals surface area contributed by atoms with Crippen LogP contribution in [0.3, 0.4) is 0 Å². The van der Waals surface area contributed by atoms with Crippen molar-refractivity contribution in [2.24, 2.45) is 0 Å². The molecule has 0 aromatic heterocycles. The molecule has 0 aliphatic rings. The minimum atomic E-state index is -0.126. The lowest BCUT2D eigenvalue weighted by Gasteiger charge is -2.09. The zero-order valence-electron chi connectivity index (χ0n) is 14.9. The minimum absolute atomic E-state index is 0.126. The number of allylic oxidation sites excluding steroid dienone is 1. The SMILES string of the molecule is C=CCCc1ccc(-c2ccc3cc(CCCC)ccc3c2F)cc1. The highest BCUT2D eigenvalue weighted by Crippen LogP contribution is 2.30. The van der Waals surface area contributed by atoms with Crippen molar-refractivity contribution in [2.75, 3.05) is 0 Å². The second kappa shape index (κ2) is 8.11. The lowest BCUT2D eigenvalue weighted by atomic mass is 9.97. The first kappa shape index (κ1) is 17.4. The van der Waals surface area contributed by atoms with Gasteiger partial charge in [-0.05, 0) is 47.8 Å². The van der Waals surface area contributed by atoms with E-state index >= 15 is 4.39 Å². The van der Waals surface area contributed by atoms with Gasteiger partial charge in [-0.1, -0.05) is 74.0 Å². The van der Waals surface area contributed by atoms with Gasteiger partial charge in [0, 0.05) is 10.9 Å². The molecule has 0 nitrogen and oxygen atoms in total. The predicted molar refractivity (Wildman–Crippen MR) is 106 cm³/mol. The van der Waals surface area contributed by atoms with E-state index < -0.39 is 0 Å². The summed E-state index contributed by atoms with van der Waals surface area (Å²) in [7, 11) is 0. The quantitative estimate of drug-likeness (QED) is 0.404. The molecule has 3 aromatic carbocycles. The van der Waals surface area contributed by atoms with Crippen molar-refractivity contribution < 1.29 is 4.39 Å². The number of hydrogen-bond acceptors (Lipinski definition) is 0. The number of halogens is 1. The monoisotopic (exact) mass is 332 g/mol. The summed E-state index contributed by atoms with van der Waals surface area (Å²) in [6.07, 6.45) is 7.26. The summed E-state index contributed by atoms with van der Waals surface area (Å²) in [5, 5.41) is 1.69. The van der Waals surface area contributed by atoms with Crippen molar-refractivity contribution in [1.82, 2.24) is 0 Å². The highest BCUT2D eigenvalue weighted by molar-refractivity contribution is 5.88. The first-order chi connectivity index (χ1) is 12.2. The molecule has 0 N–H and O–H groups in total. The summed E-state index contributed by atoms with van der Waals surface area (Å²) < 4.78 is 15.0. The van der Waals surface area contributed by atoms with E-state index in [1.807, 2.05) is 36.4 Å². The summed E-state index contributed by atoms with van der Waals surface area (Å²) >= 11 is 0. The topological polar surface area (TPSA) is 0 Å². The molecular formula is C24H25F. The molecule has 0 atom stereocenters. The van der Waals surface area contributed by atoms with Gasteiger partial charge in [0.05, 0.1) is 0 Å². The van der Waals surface area contributed by atoms with Gasteiger partial charge in [-0.25, -0.2) is 4.39 Å². The highest BCUT2D eigenvalue weighted by Gasteiger charge is 2.10. The molecule has 0 aliphatic carbocycles. The fraction of sp³-hybridized carbons (Fsp3) is 0.250. The number of fused-ring (bicyclic) bond motifs is 1. The van der Waals surface area contributed by atoms with E-state index in [1.54, 1.807) is 0 Å². The van der Waals surface area contributed by atoms with Gasteiger partial charge in [-0.2, -0.15) is 0 Å². The van der Waals surface area contributed by atoms with E-state index in [4.69, 9.17) is 0 Å². The zero-order valence-corrected chi connectivity index (χ0v) is 14.9. The van der Waals surface area contributed by atoms with E-state index in [2.05, 4.69) is 37.8 Å². The van der Waals surface area contributed by atoms with Crippen LogP contribution in [0.1, 0.15) is 37.3 Å². The van der Waals surface area contributed by atoms with Crippen molar-refractivity contribution in [3.05, 3.63) is 84.2 Å². The Morgan fingerprint density at radius 3 is 2.40 bits per heavy atom. The highest BCUT2D eigenvalue weighted by atomic mass is 19.1. The Labute approximate surface area is 150 Å². The minimum Gasteiger partial charge on any atom is -0.206 e. The van der Waals surface area contributed by atoms with E-state index in [0.717, 1.165) is 30.2 Å². The Hall–Kier alpha value is -2.41. The molecule has 0 aliphatic heterocycles. The molecule has 3 aromatic rings. The molecule has 128 valence electrons. The largest absolute Gasteiger partial charge is 0.206 e. The molecule has 0 amide bonds. The molecule has 3 rings (SSSR count). The fourth-order valence-electron chi connectivity index (χ4n) is 3.22. The van der Waals surface area contributed by atoms with Crippen LogP contribution in [0.25, 0.3) is 21.9 Å². The van der Waals surface area contributed by atoms with Gasteiger partial charge in [-0.15, -0.1) is 6.58 Å². The van der Waals surface area contributed by atoms with E-state index in [0.29, 0.717) is 10.9 Å². The van der Waals surface area contributed by atoms with Crippen LogP contribution in [0.5, 0.6) is 0 Å². The van der Waals surface area contributed by atoms with Crippen LogP contribution >= 0.6 is 0 Å². The number of aryl methyl sites for hydroxylation is 2. The normalized spacial score (nSPS) is 11.0. The Balaban J connectivity index is 1.91. The number of hydrogen-bond donors (Lipinski definition) is 0. The first-order valence-corrected chi connectivity index (χ1v) is 9.14. The zero-order chi connectivity index (χ0) is 17.6. The second-order valence-electron chi connectivity index (χ2n) is 6.61. The lowest BCUT2D eigenvalue weighted by Crippen LogP contribution is -1.90. The van der Waals surface area contributed by atoms with E-state index in [1.165, 1.54) is 24.0 Å². The maximum atomic E-state index is 15.0. The van der Waals surface area contributed by atoms with Crippen LogP contribution in [0.2, 0.25) is 0 Å². The van der Waals surface area contributed by atoms with Crippen molar-refractivity contribution in [2.45, 2.75) is 39.0 Å². The predicted octanol–water partition coefficient (Wildman–Crippen LogP) is 7.11. The van der Waals surface area contributed by atoms with Crippen molar-refractivity contribution in [3.63, 3.8) is 0 Å². The second-order valence-corrected chi connectivity index (χ2v) is 6.61. The van der Waals surface area contributed by atoms with Gasteiger partial charge in [0.15, 0.2) is 0 Å². The summed E-state index contributed by atoms with van der Waals surface area (Å²) in [6, 6.07) is 18.2. The molecule has 0 unspecified atom stereocenters. The number of unbranched alkanes of at least 4 members (excludes halogenated alkanes) is 1. The molecule has 0 radical (unpaired) electrons. The van der Waals surface area contributed by atoms with Crippen LogP contribution in [0.15, 0.2) is 67.3 Å². The van der Waals surface area contributed by atoms with Gasteiger partial charge in [-0.3, -0.25) is 0 Å². The Kier molecular flexibility index (Phi) is 5.65. The number of benzene rings is 3. The average molecular weight is 332 g/mol. The summed E-state index contributed by atoms with van der Waals surface area (Å²) in [6.45, 7) is 5.94.